The Morgan fingerprint density at radius 2 is 1.94 bits per heavy atom. The molecular weight excluding hydrogens is 402 g/mol. The highest BCUT2D eigenvalue weighted by atomic mass is 16.5. The lowest BCUT2D eigenvalue weighted by molar-refractivity contribution is 0.0389. The lowest BCUT2D eigenvalue weighted by Crippen LogP contribution is -2.23. The summed E-state index contributed by atoms with van der Waals surface area (Å²) in [6.45, 7) is 5.36. The molecule has 3 heterocycles. The monoisotopic (exact) mass is 427 g/mol. The molecule has 0 amide bonds. The van der Waals surface area contributed by atoms with Crippen molar-refractivity contribution in [3.8, 4) is 11.4 Å². The van der Waals surface area contributed by atoms with E-state index in [2.05, 4.69) is 41.3 Å². The van der Waals surface area contributed by atoms with Crippen LogP contribution in [0.2, 0.25) is 0 Å². The Bertz CT molecular complexity index is 1270. The Labute approximate surface area is 187 Å². The third kappa shape index (κ3) is 3.94. The van der Waals surface area contributed by atoms with Crippen LogP contribution in [-0.2, 0) is 11.3 Å². The van der Waals surface area contributed by atoms with Gasteiger partial charge in [-0.2, -0.15) is 5.10 Å². The molecule has 7 heteroatoms. The molecule has 0 unspecified atom stereocenters. The Balaban J connectivity index is 1.40. The van der Waals surface area contributed by atoms with Gasteiger partial charge in [-0.25, -0.2) is 14.6 Å². The smallest absolute Gasteiger partial charge is 0.174 e. The van der Waals surface area contributed by atoms with Gasteiger partial charge in [0.15, 0.2) is 11.6 Å². The van der Waals surface area contributed by atoms with Crippen molar-refractivity contribution in [2.75, 3.05) is 13.7 Å². The Kier molecular flexibility index (Phi) is 5.33. The fourth-order valence-electron chi connectivity index (χ4n) is 3.85. The second-order valence-corrected chi connectivity index (χ2v) is 7.90. The van der Waals surface area contributed by atoms with E-state index in [0.717, 1.165) is 34.1 Å². The molecule has 1 atom stereocenters. The van der Waals surface area contributed by atoms with Gasteiger partial charge >= 0.3 is 0 Å². The van der Waals surface area contributed by atoms with Gasteiger partial charge in [0.2, 0.25) is 0 Å². The first-order chi connectivity index (χ1) is 15.6. The molecule has 2 aromatic carbocycles. The van der Waals surface area contributed by atoms with Gasteiger partial charge < -0.3 is 14.0 Å². The fourth-order valence-corrected chi connectivity index (χ4v) is 3.85. The summed E-state index contributed by atoms with van der Waals surface area (Å²) in [5.41, 5.74) is 5.22. The molecule has 5 rings (SSSR count). The van der Waals surface area contributed by atoms with Crippen molar-refractivity contribution >= 4 is 12.2 Å². The maximum absolute atomic E-state index is 6.02. The van der Waals surface area contributed by atoms with Crippen LogP contribution in [0.3, 0.4) is 0 Å². The topological polar surface area (TPSA) is 67.0 Å². The molecule has 0 saturated carbocycles. The normalized spacial score (nSPS) is 15.8. The van der Waals surface area contributed by atoms with Crippen LogP contribution in [0.5, 0.6) is 5.75 Å². The van der Waals surface area contributed by atoms with Gasteiger partial charge in [0.1, 0.15) is 11.9 Å². The number of fused-ring (bicyclic) bond motifs is 1. The Morgan fingerprint density at radius 1 is 1.09 bits per heavy atom. The van der Waals surface area contributed by atoms with Gasteiger partial charge in [0, 0.05) is 6.20 Å². The molecule has 0 N–H and O–H groups in total. The van der Waals surface area contributed by atoms with Gasteiger partial charge in [-0.3, -0.25) is 0 Å². The summed E-state index contributed by atoms with van der Waals surface area (Å²) in [4.78, 5) is 9.05. The van der Waals surface area contributed by atoms with Crippen molar-refractivity contribution in [3.05, 3.63) is 89.0 Å². The molecule has 1 aliphatic rings. The molecule has 0 fully saturated rings. The van der Waals surface area contributed by atoms with E-state index in [9.17, 15) is 0 Å². The van der Waals surface area contributed by atoms with Crippen LogP contribution in [0.1, 0.15) is 40.1 Å². The van der Waals surface area contributed by atoms with Crippen molar-refractivity contribution in [1.29, 1.82) is 0 Å². The zero-order valence-corrected chi connectivity index (χ0v) is 18.4. The highest BCUT2D eigenvalue weighted by molar-refractivity contribution is 5.69. The number of rotatable bonds is 5. The molecule has 0 saturated heterocycles. The van der Waals surface area contributed by atoms with Crippen molar-refractivity contribution < 1.29 is 9.47 Å². The van der Waals surface area contributed by atoms with E-state index in [0.29, 0.717) is 19.0 Å². The molecule has 32 heavy (non-hydrogen) atoms. The minimum Gasteiger partial charge on any atom is -0.495 e. The Morgan fingerprint density at radius 3 is 2.69 bits per heavy atom. The van der Waals surface area contributed by atoms with E-state index in [1.807, 2.05) is 52.7 Å². The molecule has 0 bridgehead atoms. The number of imidazole rings is 1. The van der Waals surface area contributed by atoms with Gasteiger partial charge in [-0.05, 0) is 43.2 Å². The van der Waals surface area contributed by atoms with Gasteiger partial charge in [-0.1, -0.05) is 42.0 Å². The zero-order chi connectivity index (χ0) is 22.1. The van der Waals surface area contributed by atoms with Crippen molar-refractivity contribution in [1.82, 2.24) is 24.3 Å². The minimum absolute atomic E-state index is 0.197. The summed E-state index contributed by atoms with van der Waals surface area (Å²) >= 11 is 0. The highest BCUT2D eigenvalue weighted by Gasteiger charge is 2.26. The summed E-state index contributed by atoms with van der Waals surface area (Å²) in [6, 6.07) is 14.4. The van der Waals surface area contributed by atoms with Gasteiger partial charge in [0.25, 0.3) is 0 Å². The molecule has 4 aromatic rings. The van der Waals surface area contributed by atoms with Crippen LogP contribution >= 0.6 is 0 Å². The van der Waals surface area contributed by atoms with Crippen LogP contribution in [0.25, 0.3) is 17.8 Å². The van der Waals surface area contributed by atoms with Crippen molar-refractivity contribution in [2.24, 2.45) is 0 Å². The minimum atomic E-state index is -0.197. The summed E-state index contributed by atoms with van der Waals surface area (Å²) in [7, 11) is 1.67. The quantitative estimate of drug-likeness (QED) is 0.473. The van der Waals surface area contributed by atoms with Gasteiger partial charge in [0.05, 0.1) is 38.0 Å². The molecule has 0 spiro atoms. The third-order valence-corrected chi connectivity index (χ3v) is 5.54. The molecule has 1 aliphatic heterocycles. The van der Waals surface area contributed by atoms with E-state index >= 15 is 0 Å². The number of aromatic nitrogens is 5. The van der Waals surface area contributed by atoms with Crippen LogP contribution in [0.15, 0.2) is 55.0 Å². The predicted molar refractivity (Wildman–Crippen MR) is 123 cm³/mol. The standard InChI is InChI=1S/C25H25N5O2/c1-17-4-8-20(9-5-17)24-25-27-23(28-30(25)12-13-32-24)11-7-19-6-10-21(22(14-19)31-3)29-15-18(2)26-16-29/h4-11,14-16,24H,12-13H2,1-3H3/t24-/m0/s1. The Hall–Kier alpha value is -3.71. The van der Waals surface area contributed by atoms with Crippen LogP contribution < -0.4 is 4.74 Å². The zero-order valence-electron chi connectivity index (χ0n) is 18.4. The van der Waals surface area contributed by atoms with Crippen molar-refractivity contribution in [3.63, 3.8) is 0 Å². The summed E-state index contributed by atoms with van der Waals surface area (Å²) in [5.74, 6) is 2.27. The fraction of sp³-hybridized carbons (Fsp3) is 0.240. The number of hydrogen-bond acceptors (Lipinski definition) is 5. The van der Waals surface area contributed by atoms with E-state index in [1.165, 1.54) is 5.56 Å². The molecule has 2 aromatic heterocycles. The second-order valence-electron chi connectivity index (χ2n) is 7.90. The van der Waals surface area contributed by atoms with Crippen molar-refractivity contribution in [2.45, 2.75) is 26.5 Å². The number of nitrogens with zero attached hydrogens (tertiary/aromatic N) is 5. The molecule has 0 aliphatic carbocycles. The predicted octanol–water partition coefficient (Wildman–Crippen LogP) is 4.38. The average Bonchev–Trinajstić information content (AvgIpc) is 3.43. The number of aryl methyl sites for hydroxylation is 2. The molecular formula is C25H25N5O2. The summed E-state index contributed by atoms with van der Waals surface area (Å²) in [5, 5.41) is 4.66. The van der Waals surface area contributed by atoms with Crippen LogP contribution in [-0.4, -0.2) is 38.0 Å². The first-order valence-electron chi connectivity index (χ1n) is 10.6. The van der Waals surface area contributed by atoms with E-state index in [1.54, 1.807) is 13.4 Å². The van der Waals surface area contributed by atoms with E-state index in [-0.39, 0.29) is 6.10 Å². The molecule has 0 radical (unpaired) electrons. The van der Waals surface area contributed by atoms with Crippen LogP contribution in [0, 0.1) is 13.8 Å². The first kappa shape index (κ1) is 20.2. The molecule has 162 valence electrons. The second kappa shape index (κ2) is 8.43. The van der Waals surface area contributed by atoms with Gasteiger partial charge in [-0.15, -0.1) is 0 Å². The lowest BCUT2D eigenvalue weighted by atomic mass is 10.1. The SMILES string of the molecule is COc1cc(C=Cc2nc3n(n2)CCO[C@H]3c2ccc(C)cc2)ccc1-n1cnc(C)c1. The largest absolute Gasteiger partial charge is 0.495 e. The number of methoxy groups -OCH3 is 1. The van der Waals surface area contributed by atoms with E-state index in [4.69, 9.17) is 14.5 Å². The number of benzene rings is 2. The summed E-state index contributed by atoms with van der Waals surface area (Å²) < 4.78 is 15.5. The third-order valence-electron chi connectivity index (χ3n) is 5.54. The van der Waals surface area contributed by atoms with E-state index < -0.39 is 0 Å². The number of hydrogen-bond donors (Lipinski definition) is 0. The first-order valence-corrected chi connectivity index (χ1v) is 10.6. The number of ether oxygens (including phenoxy) is 2. The maximum Gasteiger partial charge on any atom is 0.174 e. The summed E-state index contributed by atoms with van der Waals surface area (Å²) in [6.07, 6.45) is 7.48. The lowest BCUT2D eigenvalue weighted by Gasteiger charge is -2.23. The highest BCUT2D eigenvalue weighted by Crippen LogP contribution is 2.29. The van der Waals surface area contributed by atoms with Crippen LogP contribution in [0.4, 0.5) is 0 Å². The average molecular weight is 428 g/mol. The molecule has 7 nitrogen and oxygen atoms in total. The maximum atomic E-state index is 6.02.